The van der Waals surface area contributed by atoms with E-state index < -0.39 is 0 Å². The fourth-order valence-corrected chi connectivity index (χ4v) is 5.10. The third kappa shape index (κ3) is 3.44. The van der Waals surface area contributed by atoms with Crippen molar-refractivity contribution in [3.63, 3.8) is 0 Å². The summed E-state index contributed by atoms with van der Waals surface area (Å²) in [6.07, 6.45) is 6.19. The van der Waals surface area contributed by atoms with Gasteiger partial charge in [0.25, 0.3) is 0 Å². The molecule has 134 valence electrons. The van der Waals surface area contributed by atoms with Crippen LogP contribution >= 0.6 is 0 Å². The summed E-state index contributed by atoms with van der Waals surface area (Å²) < 4.78 is 0. The van der Waals surface area contributed by atoms with Gasteiger partial charge in [-0.05, 0) is 68.2 Å². The molecular weight excluding hydrogens is 312 g/mol. The molecule has 25 heavy (non-hydrogen) atoms. The Morgan fingerprint density at radius 1 is 1.00 bits per heavy atom. The van der Waals surface area contributed by atoms with Gasteiger partial charge in [0, 0.05) is 43.9 Å². The Morgan fingerprint density at radius 3 is 2.28 bits per heavy atom. The molecule has 1 saturated heterocycles. The van der Waals surface area contributed by atoms with Gasteiger partial charge >= 0.3 is 0 Å². The molecule has 1 heterocycles. The Bertz CT molecular complexity index is 646. The van der Waals surface area contributed by atoms with Crippen LogP contribution in [0.1, 0.15) is 49.4 Å². The van der Waals surface area contributed by atoms with Crippen molar-refractivity contribution in [2.75, 3.05) is 31.1 Å². The zero-order chi connectivity index (χ0) is 17.4. The number of piperazine rings is 1. The van der Waals surface area contributed by atoms with Crippen molar-refractivity contribution >= 4 is 17.4 Å². The second-order valence-corrected chi connectivity index (χ2v) is 8.11. The Morgan fingerprint density at radius 2 is 1.72 bits per heavy atom. The van der Waals surface area contributed by atoms with Gasteiger partial charge in [-0.2, -0.15) is 0 Å². The van der Waals surface area contributed by atoms with Gasteiger partial charge in [0.1, 0.15) is 0 Å². The van der Waals surface area contributed by atoms with Gasteiger partial charge in [-0.1, -0.05) is 6.42 Å². The highest BCUT2D eigenvalue weighted by atomic mass is 16.2. The largest absolute Gasteiger partial charge is 0.368 e. The fourth-order valence-electron chi connectivity index (χ4n) is 5.10. The van der Waals surface area contributed by atoms with E-state index in [1.165, 1.54) is 25.7 Å². The van der Waals surface area contributed by atoms with Crippen molar-refractivity contribution in [3.8, 4) is 0 Å². The molecule has 0 unspecified atom stereocenters. The fraction of sp³-hybridized carbons (Fsp3) is 0.619. The molecule has 1 aromatic carbocycles. The summed E-state index contributed by atoms with van der Waals surface area (Å²) in [7, 11) is 0. The lowest BCUT2D eigenvalue weighted by molar-refractivity contribution is -0.132. The predicted octanol–water partition coefficient (Wildman–Crippen LogP) is 3.36. The summed E-state index contributed by atoms with van der Waals surface area (Å²) >= 11 is 0. The number of benzene rings is 1. The number of fused-ring (bicyclic) bond motifs is 2. The van der Waals surface area contributed by atoms with Crippen LogP contribution < -0.4 is 4.90 Å². The zero-order valence-electron chi connectivity index (χ0n) is 15.1. The normalized spacial score (nSPS) is 28.4. The van der Waals surface area contributed by atoms with Crippen LogP contribution in [0.15, 0.2) is 24.3 Å². The molecule has 0 spiro atoms. The molecule has 3 fully saturated rings. The Balaban J connectivity index is 1.29. The molecular formula is C21H28N2O2. The highest BCUT2D eigenvalue weighted by Gasteiger charge is 2.40. The Kier molecular flexibility index (Phi) is 4.53. The van der Waals surface area contributed by atoms with E-state index in [-0.39, 0.29) is 5.78 Å². The van der Waals surface area contributed by atoms with Crippen LogP contribution in [0.3, 0.4) is 0 Å². The van der Waals surface area contributed by atoms with Gasteiger partial charge in [-0.3, -0.25) is 9.59 Å². The molecule has 0 aromatic heterocycles. The maximum Gasteiger partial charge on any atom is 0.222 e. The maximum absolute atomic E-state index is 12.7. The van der Waals surface area contributed by atoms with Crippen LogP contribution in [0, 0.1) is 17.8 Å². The van der Waals surface area contributed by atoms with Crippen LogP contribution in [0.4, 0.5) is 5.69 Å². The molecule has 3 aliphatic rings. The van der Waals surface area contributed by atoms with Gasteiger partial charge < -0.3 is 9.80 Å². The first kappa shape index (κ1) is 16.6. The number of anilines is 1. The SMILES string of the molecule is CC(=O)c1ccc(N2CCN(C(=O)C[C@@H]3C[C@H]4CC[C@H]3C4)CC2)cc1. The molecule has 4 heteroatoms. The number of carbonyl (C=O) groups is 2. The summed E-state index contributed by atoms with van der Waals surface area (Å²) in [5, 5.41) is 0. The average molecular weight is 340 g/mol. The van der Waals surface area contributed by atoms with Crippen LogP contribution in [0.5, 0.6) is 0 Å². The number of nitrogens with zero attached hydrogens (tertiary/aromatic N) is 2. The van der Waals surface area contributed by atoms with Crippen LogP contribution in [0.25, 0.3) is 0 Å². The monoisotopic (exact) mass is 340 g/mol. The standard InChI is InChI=1S/C21H28N2O2/c1-15(24)17-4-6-20(7-5-17)22-8-10-23(11-9-22)21(25)14-19-13-16-2-3-18(19)12-16/h4-7,16,18-19H,2-3,8-14H2,1H3/t16-,18-,19-/m0/s1. The van der Waals surface area contributed by atoms with E-state index in [4.69, 9.17) is 0 Å². The Labute approximate surface area is 150 Å². The zero-order valence-corrected chi connectivity index (χ0v) is 15.1. The van der Waals surface area contributed by atoms with Crippen molar-refractivity contribution in [1.29, 1.82) is 0 Å². The molecule has 0 radical (unpaired) electrons. The third-order valence-electron chi connectivity index (χ3n) is 6.59. The maximum atomic E-state index is 12.7. The number of hydrogen-bond donors (Lipinski definition) is 0. The van der Waals surface area contributed by atoms with Crippen LogP contribution in [-0.2, 0) is 4.79 Å². The summed E-state index contributed by atoms with van der Waals surface area (Å²) in [5.74, 6) is 2.86. The van der Waals surface area contributed by atoms with E-state index >= 15 is 0 Å². The molecule has 4 rings (SSSR count). The third-order valence-corrected chi connectivity index (χ3v) is 6.59. The van der Waals surface area contributed by atoms with E-state index in [1.54, 1.807) is 6.92 Å². The van der Waals surface area contributed by atoms with Gasteiger partial charge in [0.2, 0.25) is 5.91 Å². The predicted molar refractivity (Wildman–Crippen MR) is 98.8 cm³/mol. The molecule has 1 aliphatic heterocycles. The number of hydrogen-bond acceptors (Lipinski definition) is 3. The summed E-state index contributed by atoms with van der Waals surface area (Å²) in [4.78, 5) is 28.4. The van der Waals surface area contributed by atoms with Crippen molar-refractivity contribution in [3.05, 3.63) is 29.8 Å². The molecule has 2 saturated carbocycles. The van der Waals surface area contributed by atoms with Crippen molar-refractivity contribution in [2.45, 2.75) is 39.0 Å². The highest BCUT2D eigenvalue weighted by Crippen LogP contribution is 2.49. The van der Waals surface area contributed by atoms with E-state index in [9.17, 15) is 9.59 Å². The van der Waals surface area contributed by atoms with Gasteiger partial charge in [0.05, 0.1) is 0 Å². The first-order valence-electron chi connectivity index (χ1n) is 9.74. The second-order valence-electron chi connectivity index (χ2n) is 8.11. The number of ketones is 1. The van der Waals surface area contributed by atoms with Crippen LogP contribution in [-0.4, -0.2) is 42.8 Å². The quantitative estimate of drug-likeness (QED) is 0.789. The molecule has 1 aromatic rings. The molecule has 0 N–H and O–H groups in total. The first-order chi connectivity index (χ1) is 12.1. The van der Waals surface area contributed by atoms with E-state index in [0.717, 1.165) is 55.7 Å². The Hall–Kier alpha value is -1.84. The topological polar surface area (TPSA) is 40.6 Å². The van der Waals surface area contributed by atoms with E-state index in [0.29, 0.717) is 11.8 Å². The van der Waals surface area contributed by atoms with Gasteiger partial charge in [0.15, 0.2) is 5.78 Å². The lowest BCUT2D eigenvalue weighted by Crippen LogP contribution is -2.49. The summed E-state index contributed by atoms with van der Waals surface area (Å²) in [5.41, 5.74) is 1.90. The summed E-state index contributed by atoms with van der Waals surface area (Å²) in [6.45, 7) is 4.97. The molecule has 1 amide bonds. The second kappa shape index (κ2) is 6.81. The smallest absolute Gasteiger partial charge is 0.222 e. The lowest BCUT2D eigenvalue weighted by atomic mass is 9.86. The van der Waals surface area contributed by atoms with E-state index in [2.05, 4.69) is 9.80 Å². The molecule has 3 atom stereocenters. The lowest BCUT2D eigenvalue weighted by Gasteiger charge is -2.37. The molecule has 4 nitrogen and oxygen atoms in total. The highest BCUT2D eigenvalue weighted by molar-refractivity contribution is 5.94. The van der Waals surface area contributed by atoms with Gasteiger partial charge in [-0.25, -0.2) is 0 Å². The number of carbonyl (C=O) groups excluding carboxylic acids is 2. The minimum absolute atomic E-state index is 0.0996. The van der Waals surface area contributed by atoms with Gasteiger partial charge in [-0.15, -0.1) is 0 Å². The number of amides is 1. The summed E-state index contributed by atoms with van der Waals surface area (Å²) in [6, 6.07) is 7.82. The van der Waals surface area contributed by atoms with Crippen molar-refractivity contribution < 1.29 is 9.59 Å². The first-order valence-corrected chi connectivity index (χ1v) is 9.74. The minimum atomic E-state index is 0.0996. The number of rotatable bonds is 4. The van der Waals surface area contributed by atoms with E-state index in [1.807, 2.05) is 24.3 Å². The molecule has 2 aliphatic carbocycles. The number of Topliss-reactive ketones (excluding diaryl/α,β-unsaturated/α-hetero) is 1. The van der Waals surface area contributed by atoms with Crippen molar-refractivity contribution in [1.82, 2.24) is 4.90 Å². The van der Waals surface area contributed by atoms with Crippen molar-refractivity contribution in [2.24, 2.45) is 17.8 Å². The minimum Gasteiger partial charge on any atom is -0.368 e. The average Bonchev–Trinajstić information content (AvgIpc) is 3.25. The molecule has 2 bridgehead atoms. The van der Waals surface area contributed by atoms with Crippen LogP contribution in [0.2, 0.25) is 0 Å².